The number of ketones is 1. The fraction of sp³-hybridized carbons (Fsp3) is 0.304. The van der Waals surface area contributed by atoms with Crippen molar-refractivity contribution in [1.82, 2.24) is 4.90 Å². The molecule has 0 spiro atoms. The minimum Gasteiger partial charge on any atom is -0.454 e. The van der Waals surface area contributed by atoms with Crippen molar-refractivity contribution in [1.29, 1.82) is 0 Å². The Balaban J connectivity index is 1.45. The van der Waals surface area contributed by atoms with Crippen LogP contribution in [0.5, 0.6) is 0 Å². The summed E-state index contributed by atoms with van der Waals surface area (Å²) in [4.78, 5) is 51.3. The summed E-state index contributed by atoms with van der Waals surface area (Å²) in [7, 11) is 0. The van der Waals surface area contributed by atoms with E-state index in [-0.39, 0.29) is 40.1 Å². The fourth-order valence-corrected chi connectivity index (χ4v) is 3.99. The second kappa shape index (κ2) is 8.18. The van der Waals surface area contributed by atoms with E-state index in [1.807, 2.05) is 0 Å². The molecule has 0 radical (unpaired) electrons. The van der Waals surface area contributed by atoms with Crippen LogP contribution in [0.15, 0.2) is 42.5 Å². The number of carbonyl (C=O) groups excluding carboxylic acids is 4. The maximum atomic E-state index is 12.9. The molecule has 2 aromatic carbocycles. The minimum absolute atomic E-state index is 0.0901. The van der Waals surface area contributed by atoms with Gasteiger partial charge in [0.15, 0.2) is 12.4 Å². The molecule has 0 atom stereocenters. The highest BCUT2D eigenvalue weighted by molar-refractivity contribution is 6.22. The number of benzene rings is 2. The van der Waals surface area contributed by atoms with Crippen LogP contribution in [-0.2, 0) is 4.74 Å². The molecule has 7 heteroatoms. The Bertz CT molecular complexity index is 1020. The van der Waals surface area contributed by atoms with E-state index in [1.165, 1.54) is 35.2 Å². The SMILES string of the molecule is O=C(COC(=O)c1ccc2c(c1)C(=O)N(C1CCCCC1)C2=O)c1ccc(F)cc1. The number of ether oxygens (including phenoxy) is 1. The Labute approximate surface area is 172 Å². The number of hydrogen-bond donors (Lipinski definition) is 0. The minimum atomic E-state index is -0.773. The molecule has 0 aromatic heterocycles. The Hall–Kier alpha value is -3.35. The molecule has 0 saturated heterocycles. The van der Waals surface area contributed by atoms with Gasteiger partial charge >= 0.3 is 5.97 Å². The number of halogens is 1. The first-order valence-electron chi connectivity index (χ1n) is 9.93. The van der Waals surface area contributed by atoms with Crippen LogP contribution in [0.2, 0.25) is 0 Å². The van der Waals surface area contributed by atoms with Gasteiger partial charge in [0.25, 0.3) is 11.8 Å². The van der Waals surface area contributed by atoms with Gasteiger partial charge in [0.1, 0.15) is 5.82 Å². The summed E-state index contributed by atoms with van der Waals surface area (Å²) in [5.74, 6) is -2.43. The molecular formula is C23H20FNO5. The molecule has 6 nitrogen and oxygen atoms in total. The van der Waals surface area contributed by atoms with Crippen molar-refractivity contribution in [2.45, 2.75) is 38.1 Å². The molecule has 1 aliphatic heterocycles. The van der Waals surface area contributed by atoms with Gasteiger partial charge in [-0.25, -0.2) is 9.18 Å². The first-order chi connectivity index (χ1) is 14.5. The summed E-state index contributed by atoms with van der Waals surface area (Å²) in [6.07, 6.45) is 4.67. The molecule has 1 saturated carbocycles. The fourth-order valence-electron chi connectivity index (χ4n) is 3.99. The number of fused-ring (bicyclic) bond motifs is 1. The van der Waals surface area contributed by atoms with Crippen LogP contribution >= 0.6 is 0 Å². The third-order valence-corrected chi connectivity index (χ3v) is 5.59. The molecule has 1 heterocycles. The predicted octanol–water partition coefficient (Wildman–Crippen LogP) is 3.79. The number of esters is 1. The summed E-state index contributed by atoms with van der Waals surface area (Å²) in [6, 6.07) is 9.04. The molecule has 2 aromatic rings. The Morgan fingerprint density at radius 2 is 1.53 bits per heavy atom. The largest absolute Gasteiger partial charge is 0.454 e. The van der Waals surface area contributed by atoms with Crippen LogP contribution in [0.4, 0.5) is 4.39 Å². The monoisotopic (exact) mass is 409 g/mol. The highest BCUT2D eigenvalue weighted by atomic mass is 19.1. The van der Waals surface area contributed by atoms with Crippen LogP contribution in [-0.4, -0.2) is 41.1 Å². The smallest absolute Gasteiger partial charge is 0.338 e. The highest BCUT2D eigenvalue weighted by Crippen LogP contribution is 2.31. The summed E-state index contributed by atoms with van der Waals surface area (Å²) in [5, 5.41) is 0. The quantitative estimate of drug-likeness (QED) is 0.426. The number of amides is 2. The Morgan fingerprint density at radius 3 is 2.23 bits per heavy atom. The van der Waals surface area contributed by atoms with Gasteiger partial charge in [0.05, 0.1) is 16.7 Å². The Morgan fingerprint density at radius 1 is 0.900 bits per heavy atom. The predicted molar refractivity (Wildman–Crippen MR) is 105 cm³/mol. The van der Waals surface area contributed by atoms with Crippen LogP contribution in [0.3, 0.4) is 0 Å². The van der Waals surface area contributed by atoms with Crippen molar-refractivity contribution in [3.63, 3.8) is 0 Å². The number of hydrogen-bond acceptors (Lipinski definition) is 5. The molecular weight excluding hydrogens is 389 g/mol. The number of nitrogens with zero attached hydrogens (tertiary/aromatic N) is 1. The van der Waals surface area contributed by atoms with E-state index >= 15 is 0 Å². The second-order valence-electron chi connectivity index (χ2n) is 7.54. The summed E-state index contributed by atoms with van der Waals surface area (Å²) in [5.41, 5.74) is 0.781. The lowest BCUT2D eigenvalue weighted by molar-refractivity contribution is 0.0474. The molecule has 0 bridgehead atoms. The van der Waals surface area contributed by atoms with Crippen molar-refractivity contribution in [3.05, 3.63) is 70.5 Å². The summed E-state index contributed by atoms with van der Waals surface area (Å²) in [6.45, 7) is -0.511. The molecule has 2 amide bonds. The average molecular weight is 409 g/mol. The lowest BCUT2D eigenvalue weighted by Gasteiger charge is -2.29. The lowest BCUT2D eigenvalue weighted by atomic mass is 9.94. The molecule has 1 aliphatic carbocycles. The number of Topliss-reactive ketones (excluding diaryl/α,β-unsaturated/α-hetero) is 1. The van der Waals surface area contributed by atoms with Gasteiger partial charge in [0, 0.05) is 11.6 Å². The van der Waals surface area contributed by atoms with E-state index in [2.05, 4.69) is 0 Å². The standard InChI is InChI=1S/C23H20FNO5/c24-16-9-6-14(7-10-16)20(26)13-30-23(29)15-8-11-18-19(12-15)22(28)25(21(18)27)17-4-2-1-3-5-17/h6-12,17H,1-5,13H2. The number of carbonyl (C=O) groups is 4. The first-order valence-corrected chi connectivity index (χ1v) is 9.93. The van der Waals surface area contributed by atoms with Crippen LogP contribution < -0.4 is 0 Å². The molecule has 0 N–H and O–H groups in total. The molecule has 154 valence electrons. The van der Waals surface area contributed by atoms with Gasteiger partial charge in [-0.15, -0.1) is 0 Å². The van der Waals surface area contributed by atoms with Crippen molar-refractivity contribution < 1.29 is 28.3 Å². The van der Waals surface area contributed by atoms with Gasteiger partial charge < -0.3 is 4.74 Å². The maximum absolute atomic E-state index is 12.9. The number of rotatable bonds is 5. The van der Waals surface area contributed by atoms with Gasteiger partial charge in [0.2, 0.25) is 0 Å². The van der Waals surface area contributed by atoms with E-state index in [9.17, 15) is 23.6 Å². The van der Waals surface area contributed by atoms with Crippen molar-refractivity contribution in [2.75, 3.05) is 6.61 Å². The molecule has 0 unspecified atom stereocenters. The third kappa shape index (κ3) is 3.75. The average Bonchev–Trinajstić information content (AvgIpc) is 3.02. The molecule has 4 rings (SSSR count). The van der Waals surface area contributed by atoms with E-state index < -0.39 is 24.2 Å². The first kappa shape index (κ1) is 19.9. The third-order valence-electron chi connectivity index (χ3n) is 5.59. The van der Waals surface area contributed by atoms with E-state index in [0.29, 0.717) is 0 Å². The second-order valence-corrected chi connectivity index (χ2v) is 7.54. The zero-order valence-corrected chi connectivity index (χ0v) is 16.2. The topological polar surface area (TPSA) is 80.8 Å². The molecule has 1 fully saturated rings. The van der Waals surface area contributed by atoms with Gasteiger partial charge in [-0.1, -0.05) is 19.3 Å². The molecule has 30 heavy (non-hydrogen) atoms. The zero-order valence-electron chi connectivity index (χ0n) is 16.2. The lowest BCUT2D eigenvalue weighted by Crippen LogP contribution is -2.40. The Kier molecular flexibility index (Phi) is 5.44. The van der Waals surface area contributed by atoms with Crippen LogP contribution in [0.25, 0.3) is 0 Å². The number of imide groups is 1. The summed E-state index contributed by atoms with van der Waals surface area (Å²) < 4.78 is 18.0. The van der Waals surface area contributed by atoms with E-state index in [4.69, 9.17) is 4.74 Å². The van der Waals surface area contributed by atoms with Crippen LogP contribution in [0, 0.1) is 5.82 Å². The maximum Gasteiger partial charge on any atom is 0.338 e. The summed E-state index contributed by atoms with van der Waals surface area (Å²) >= 11 is 0. The van der Waals surface area contributed by atoms with Gasteiger partial charge in [-0.2, -0.15) is 0 Å². The van der Waals surface area contributed by atoms with Crippen molar-refractivity contribution in [2.24, 2.45) is 0 Å². The highest BCUT2D eigenvalue weighted by Gasteiger charge is 2.40. The van der Waals surface area contributed by atoms with Gasteiger partial charge in [-0.05, 0) is 55.3 Å². The normalized spacial score (nSPS) is 16.5. The van der Waals surface area contributed by atoms with E-state index in [0.717, 1.165) is 44.2 Å². The zero-order chi connectivity index (χ0) is 21.3. The van der Waals surface area contributed by atoms with Crippen molar-refractivity contribution in [3.8, 4) is 0 Å². The van der Waals surface area contributed by atoms with Crippen LogP contribution in [0.1, 0.15) is 73.5 Å². The van der Waals surface area contributed by atoms with Crippen molar-refractivity contribution >= 4 is 23.6 Å². The molecule has 2 aliphatic rings. The van der Waals surface area contributed by atoms with E-state index in [1.54, 1.807) is 0 Å². The van der Waals surface area contributed by atoms with Gasteiger partial charge in [-0.3, -0.25) is 19.3 Å².